The van der Waals surface area contributed by atoms with Crippen LogP contribution >= 0.6 is 11.8 Å². The van der Waals surface area contributed by atoms with Crippen LogP contribution in [-0.2, 0) is 23.0 Å². The lowest BCUT2D eigenvalue weighted by molar-refractivity contribution is -0.382. The average molecular weight is 599 g/mol. The van der Waals surface area contributed by atoms with Crippen molar-refractivity contribution in [1.29, 1.82) is 0 Å². The van der Waals surface area contributed by atoms with Gasteiger partial charge in [0.05, 0.1) is 0 Å². The lowest BCUT2D eigenvalue weighted by atomic mass is 10.1. The van der Waals surface area contributed by atoms with Gasteiger partial charge in [-0.15, -0.1) is 0 Å². The van der Waals surface area contributed by atoms with Crippen LogP contribution in [0.15, 0.2) is 58.3 Å². The van der Waals surface area contributed by atoms with Crippen molar-refractivity contribution >= 4 is 21.9 Å². The van der Waals surface area contributed by atoms with Crippen LogP contribution < -0.4 is 0 Å². The number of benzene rings is 2. The fourth-order valence-corrected chi connectivity index (χ4v) is 4.14. The Labute approximate surface area is 219 Å². The van der Waals surface area contributed by atoms with Gasteiger partial charge in [-0.25, -0.2) is 0 Å². The standard InChI is InChI=1S/C20H26S.C4HF9O3S/c1-3-5-7-17-9-13-19(14-10-17)21-20-15-11-18(12-16-20)8-6-4-2;5-1(6,3(9,10)11)2(7,8)4(12,13)17(14,15)16/h9-16H,3-8H2,1-2H3;(H,14,15,16). The Morgan fingerprint density at radius 1 is 0.658 bits per heavy atom. The highest BCUT2D eigenvalue weighted by Crippen LogP contribution is 2.54. The first-order valence-corrected chi connectivity index (χ1v) is 13.6. The molecule has 0 aliphatic rings. The molecule has 2 aromatic rings. The van der Waals surface area contributed by atoms with E-state index in [1.54, 1.807) is 0 Å². The number of rotatable bonds is 11. The van der Waals surface area contributed by atoms with Crippen molar-refractivity contribution in [3.05, 3.63) is 59.7 Å². The molecule has 0 aliphatic carbocycles. The van der Waals surface area contributed by atoms with Gasteiger partial charge >= 0.3 is 33.4 Å². The van der Waals surface area contributed by atoms with Crippen LogP contribution in [0, 0.1) is 0 Å². The zero-order valence-electron chi connectivity index (χ0n) is 20.3. The fourth-order valence-electron chi connectivity index (χ4n) is 2.87. The second kappa shape index (κ2) is 13.4. The molecule has 0 unspecified atom stereocenters. The summed E-state index contributed by atoms with van der Waals surface area (Å²) in [7, 11) is -7.17. The van der Waals surface area contributed by atoms with E-state index < -0.39 is 33.4 Å². The van der Waals surface area contributed by atoms with Gasteiger partial charge in [0.15, 0.2) is 0 Å². The van der Waals surface area contributed by atoms with E-state index in [0.29, 0.717) is 0 Å². The number of hydrogen-bond donors (Lipinski definition) is 1. The summed E-state index contributed by atoms with van der Waals surface area (Å²) in [6.45, 7) is 4.49. The van der Waals surface area contributed by atoms with Gasteiger partial charge < -0.3 is 0 Å². The van der Waals surface area contributed by atoms with Crippen molar-refractivity contribution in [2.24, 2.45) is 0 Å². The van der Waals surface area contributed by atoms with Crippen molar-refractivity contribution in [3.8, 4) is 0 Å². The predicted octanol–water partition coefficient (Wildman–Crippen LogP) is 8.82. The first-order chi connectivity index (χ1) is 17.3. The number of unbranched alkanes of at least 4 members (excludes halogenated alkanes) is 2. The van der Waals surface area contributed by atoms with Crippen molar-refractivity contribution < 1.29 is 52.5 Å². The first kappa shape index (κ1) is 34.1. The van der Waals surface area contributed by atoms with E-state index in [1.165, 1.54) is 59.4 Å². The van der Waals surface area contributed by atoms with Gasteiger partial charge in [0, 0.05) is 9.79 Å². The highest BCUT2D eigenvalue weighted by molar-refractivity contribution is 7.99. The van der Waals surface area contributed by atoms with Gasteiger partial charge in [0.1, 0.15) is 0 Å². The Morgan fingerprint density at radius 2 is 1.00 bits per heavy atom. The van der Waals surface area contributed by atoms with E-state index in [-0.39, 0.29) is 0 Å². The van der Waals surface area contributed by atoms with Gasteiger partial charge in [-0.05, 0) is 61.1 Å². The van der Waals surface area contributed by atoms with Crippen LogP contribution in [0.25, 0.3) is 0 Å². The smallest absolute Gasteiger partial charge is 0.281 e. The molecule has 1 N–H and O–H groups in total. The molecule has 0 spiro atoms. The molecular formula is C24H27F9O3S2. The molecule has 0 aromatic heterocycles. The van der Waals surface area contributed by atoms with Crippen LogP contribution in [0.2, 0.25) is 0 Å². The maximum atomic E-state index is 12.2. The topological polar surface area (TPSA) is 54.4 Å². The van der Waals surface area contributed by atoms with E-state index in [4.69, 9.17) is 4.55 Å². The molecular weight excluding hydrogens is 571 g/mol. The van der Waals surface area contributed by atoms with Gasteiger partial charge in [-0.3, -0.25) is 4.55 Å². The summed E-state index contributed by atoms with van der Waals surface area (Å²) in [6.07, 6.45) is 0.366. The third-order valence-corrected chi connectivity index (χ3v) is 7.08. The number of alkyl halides is 9. The van der Waals surface area contributed by atoms with Crippen molar-refractivity contribution in [2.75, 3.05) is 0 Å². The number of hydrogen-bond acceptors (Lipinski definition) is 3. The minimum absolute atomic E-state index is 1.20. The molecule has 0 fully saturated rings. The second-order valence-corrected chi connectivity index (χ2v) is 10.8. The minimum Gasteiger partial charge on any atom is -0.281 e. The fraction of sp³-hybridized carbons (Fsp3) is 0.500. The molecule has 0 bridgehead atoms. The summed E-state index contributed by atoms with van der Waals surface area (Å²) in [5.74, 6) is -14.7. The van der Waals surface area contributed by atoms with E-state index in [9.17, 15) is 47.9 Å². The van der Waals surface area contributed by atoms with Gasteiger partial charge in [0.2, 0.25) is 0 Å². The Hall–Kier alpha value is -1.93. The molecule has 14 heteroatoms. The molecule has 0 amide bonds. The van der Waals surface area contributed by atoms with E-state index in [1.807, 2.05) is 11.8 Å². The zero-order chi connectivity index (χ0) is 29.4. The predicted molar refractivity (Wildman–Crippen MR) is 127 cm³/mol. The maximum absolute atomic E-state index is 12.2. The van der Waals surface area contributed by atoms with Crippen LogP contribution in [0.4, 0.5) is 39.5 Å². The highest BCUT2D eigenvalue weighted by Gasteiger charge is 2.85. The van der Waals surface area contributed by atoms with Gasteiger partial charge in [-0.1, -0.05) is 62.7 Å². The van der Waals surface area contributed by atoms with Gasteiger partial charge in [0.25, 0.3) is 0 Å². The van der Waals surface area contributed by atoms with Crippen LogP contribution in [0.1, 0.15) is 50.7 Å². The van der Waals surface area contributed by atoms with E-state index in [0.717, 1.165) is 0 Å². The molecule has 0 aliphatic heterocycles. The van der Waals surface area contributed by atoms with Crippen LogP contribution in [-0.4, -0.2) is 36.2 Å². The molecule has 0 saturated carbocycles. The molecule has 0 saturated heterocycles. The Kier molecular flexibility index (Phi) is 12.0. The normalized spacial score (nSPS) is 13.2. The third-order valence-electron chi connectivity index (χ3n) is 5.16. The lowest BCUT2D eigenvalue weighted by Crippen LogP contribution is -2.63. The zero-order valence-corrected chi connectivity index (χ0v) is 22.0. The van der Waals surface area contributed by atoms with Crippen LogP contribution in [0.5, 0.6) is 0 Å². The molecule has 38 heavy (non-hydrogen) atoms. The summed E-state index contributed by atoms with van der Waals surface area (Å²) in [5.41, 5.74) is 2.91. The summed E-state index contributed by atoms with van der Waals surface area (Å²) in [5, 5.41) is -7.00. The number of aryl methyl sites for hydroxylation is 2. The Balaban J connectivity index is 0.000000391. The SMILES string of the molecule is CCCCc1ccc(Sc2ccc(CCCC)cc2)cc1.O=S(=O)(O)C(F)(F)C(F)(F)C(F)(F)C(F)(F)F. The van der Waals surface area contributed by atoms with Crippen molar-refractivity contribution in [3.63, 3.8) is 0 Å². The van der Waals surface area contributed by atoms with Gasteiger partial charge in [-0.2, -0.15) is 47.9 Å². The summed E-state index contributed by atoms with van der Waals surface area (Å²) >= 11 is 1.85. The number of halogens is 9. The Morgan fingerprint density at radius 3 is 1.26 bits per heavy atom. The quantitative estimate of drug-likeness (QED) is 0.208. The highest BCUT2D eigenvalue weighted by atomic mass is 32.2. The molecule has 216 valence electrons. The van der Waals surface area contributed by atoms with E-state index >= 15 is 0 Å². The van der Waals surface area contributed by atoms with Crippen molar-refractivity contribution in [1.82, 2.24) is 0 Å². The molecule has 0 radical (unpaired) electrons. The lowest BCUT2D eigenvalue weighted by Gasteiger charge is -2.31. The first-order valence-electron chi connectivity index (χ1n) is 11.3. The summed E-state index contributed by atoms with van der Waals surface area (Å²) < 4.78 is 134. The average Bonchev–Trinajstić information content (AvgIpc) is 2.82. The van der Waals surface area contributed by atoms with Crippen LogP contribution in [0.3, 0.4) is 0 Å². The minimum atomic E-state index is -7.37. The molecule has 2 rings (SSSR count). The second-order valence-electron chi connectivity index (χ2n) is 8.24. The maximum Gasteiger partial charge on any atom is 0.460 e. The largest absolute Gasteiger partial charge is 0.460 e. The molecule has 0 heterocycles. The third kappa shape index (κ3) is 8.54. The molecule has 2 aromatic carbocycles. The molecule has 3 nitrogen and oxygen atoms in total. The summed E-state index contributed by atoms with van der Waals surface area (Å²) in [6, 6.07) is 18.1. The Bertz CT molecular complexity index is 1050. The molecule has 0 atom stereocenters. The summed E-state index contributed by atoms with van der Waals surface area (Å²) in [4.78, 5) is 2.66. The van der Waals surface area contributed by atoms with Crippen molar-refractivity contribution in [2.45, 2.75) is 85.4 Å². The monoisotopic (exact) mass is 598 g/mol. The van der Waals surface area contributed by atoms with E-state index in [2.05, 4.69) is 62.4 Å².